The zero-order valence-electron chi connectivity index (χ0n) is 10.6. The molecule has 0 bridgehead atoms. The van der Waals surface area contributed by atoms with Crippen molar-refractivity contribution in [2.24, 2.45) is 0 Å². The Labute approximate surface area is 131 Å². The molecule has 0 N–H and O–H groups in total. The summed E-state index contributed by atoms with van der Waals surface area (Å²) in [5, 5.41) is 0.778. The monoisotopic (exact) mass is 358 g/mol. The van der Waals surface area contributed by atoms with Gasteiger partial charge in [-0.15, -0.1) is 11.6 Å². The van der Waals surface area contributed by atoms with E-state index in [0.29, 0.717) is 5.88 Å². The van der Waals surface area contributed by atoms with E-state index >= 15 is 0 Å². The Kier molecular flexibility index (Phi) is 4.77. The average Bonchev–Trinajstić information content (AvgIpc) is 2.38. The maximum Gasteiger partial charge on any atom is 0.131 e. The Morgan fingerprint density at radius 2 is 1.74 bits per heavy atom. The highest BCUT2D eigenvalue weighted by atomic mass is 79.9. The fraction of sp³-hybridized carbons (Fsp3) is 0.200. The van der Waals surface area contributed by atoms with Gasteiger partial charge in [0.1, 0.15) is 11.5 Å². The van der Waals surface area contributed by atoms with Gasteiger partial charge in [0, 0.05) is 15.1 Å². The van der Waals surface area contributed by atoms with Crippen LogP contribution in [0.5, 0.6) is 11.5 Å². The van der Waals surface area contributed by atoms with Crippen LogP contribution in [-0.4, -0.2) is 0 Å². The molecule has 0 atom stereocenters. The predicted molar refractivity (Wildman–Crippen MR) is 84.7 cm³/mol. The smallest absolute Gasteiger partial charge is 0.131 e. The van der Waals surface area contributed by atoms with Gasteiger partial charge in [0.2, 0.25) is 0 Å². The van der Waals surface area contributed by atoms with Crippen molar-refractivity contribution in [1.82, 2.24) is 0 Å². The Bertz CT molecular complexity index is 588. The molecule has 0 unspecified atom stereocenters. The molecule has 0 aromatic heterocycles. The first-order valence-corrected chi connectivity index (χ1v) is 7.51. The van der Waals surface area contributed by atoms with E-state index in [0.717, 1.165) is 37.7 Å². The van der Waals surface area contributed by atoms with Crippen molar-refractivity contribution in [3.05, 3.63) is 56.5 Å². The first-order chi connectivity index (χ1) is 9.01. The molecule has 0 fully saturated rings. The zero-order valence-corrected chi connectivity index (χ0v) is 13.7. The van der Waals surface area contributed by atoms with Crippen LogP contribution in [0.15, 0.2) is 34.8 Å². The van der Waals surface area contributed by atoms with Crippen molar-refractivity contribution < 1.29 is 4.74 Å². The molecule has 19 heavy (non-hydrogen) atoms. The van der Waals surface area contributed by atoms with Crippen LogP contribution in [0.4, 0.5) is 0 Å². The summed E-state index contributed by atoms with van der Waals surface area (Å²) in [6, 6.07) is 9.64. The van der Waals surface area contributed by atoms with E-state index in [2.05, 4.69) is 15.9 Å². The van der Waals surface area contributed by atoms with E-state index in [1.54, 1.807) is 0 Å². The lowest BCUT2D eigenvalue weighted by atomic mass is 10.1. The minimum Gasteiger partial charge on any atom is -0.457 e. The maximum absolute atomic E-state index is 6.15. The molecule has 2 aromatic rings. The van der Waals surface area contributed by atoms with E-state index in [-0.39, 0.29) is 0 Å². The molecule has 0 radical (unpaired) electrons. The molecule has 0 spiro atoms. The van der Waals surface area contributed by atoms with Crippen LogP contribution >= 0.6 is 39.1 Å². The summed E-state index contributed by atoms with van der Waals surface area (Å²) in [5.74, 6) is 1.94. The highest BCUT2D eigenvalue weighted by Gasteiger charge is 2.08. The zero-order chi connectivity index (χ0) is 14.0. The van der Waals surface area contributed by atoms with Gasteiger partial charge in [-0.1, -0.05) is 27.5 Å². The highest BCUT2D eigenvalue weighted by molar-refractivity contribution is 9.10. The van der Waals surface area contributed by atoms with Crippen LogP contribution in [0.2, 0.25) is 5.02 Å². The molecular formula is C15H13BrCl2O. The normalized spacial score (nSPS) is 10.6. The van der Waals surface area contributed by atoms with Gasteiger partial charge in [0.25, 0.3) is 0 Å². The molecule has 0 saturated carbocycles. The third-order valence-corrected chi connectivity index (χ3v) is 4.18. The first kappa shape index (κ1) is 14.7. The summed E-state index contributed by atoms with van der Waals surface area (Å²) < 4.78 is 6.89. The summed E-state index contributed by atoms with van der Waals surface area (Å²) in [6.45, 7) is 3.93. The number of alkyl halides is 1. The number of ether oxygens (including phenoxy) is 1. The Morgan fingerprint density at radius 3 is 2.32 bits per heavy atom. The number of hydrogen-bond donors (Lipinski definition) is 0. The highest BCUT2D eigenvalue weighted by Crippen LogP contribution is 2.32. The maximum atomic E-state index is 6.15. The molecule has 100 valence electrons. The van der Waals surface area contributed by atoms with Crippen LogP contribution < -0.4 is 4.74 Å². The van der Waals surface area contributed by atoms with Gasteiger partial charge in [-0.25, -0.2) is 0 Å². The largest absolute Gasteiger partial charge is 0.457 e. The quantitative estimate of drug-likeness (QED) is 0.588. The lowest BCUT2D eigenvalue weighted by molar-refractivity contribution is 0.477. The molecular weight excluding hydrogens is 347 g/mol. The van der Waals surface area contributed by atoms with Crippen LogP contribution in [-0.2, 0) is 5.88 Å². The number of halogens is 3. The van der Waals surface area contributed by atoms with Gasteiger partial charge in [-0.3, -0.25) is 0 Å². The molecule has 1 nitrogen and oxygen atoms in total. The number of hydrogen-bond acceptors (Lipinski definition) is 1. The van der Waals surface area contributed by atoms with Crippen molar-refractivity contribution in [2.75, 3.05) is 0 Å². The minimum absolute atomic E-state index is 0.403. The van der Waals surface area contributed by atoms with Crippen molar-refractivity contribution >= 4 is 39.1 Å². The molecule has 0 aliphatic heterocycles. The molecule has 0 aliphatic rings. The molecule has 0 aliphatic carbocycles. The van der Waals surface area contributed by atoms with E-state index < -0.39 is 0 Å². The Morgan fingerprint density at radius 1 is 1.11 bits per heavy atom. The van der Waals surface area contributed by atoms with Crippen molar-refractivity contribution in [3.63, 3.8) is 0 Å². The van der Waals surface area contributed by atoms with Crippen LogP contribution in [0.1, 0.15) is 16.7 Å². The number of rotatable bonds is 3. The SMILES string of the molecule is Cc1cc(Oc2ccc(Br)cc2CCl)cc(C)c1Cl. The third-order valence-electron chi connectivity index (χ3n) is 2.80. The van der Waals surface area contributed by atoms with Gasteiger partial charge in [-0.2, -0.15) is 0 Å². The van der Waals surface area contributed by atoms with E-state index in [1.807, 2.05) is 44.2 Å². The molecule has 4 heteroatoms. The number of aryl methyl sites for hydroxylation is 2. The lowest BCUT2D eigenvalue weighted by Gasteiger charge is -2.12. The summed E-state index contributed by atoms with van der Waals surface area (Å²) in [5.41, 5.74) is 2.95. The lowest BCUT2D eigenvalue weighted by Crippen LogP contribution is -1.92. The van der Waals surface area contributed by atoms with Gasteiger partial charge < -0.3 is 4.74 Å². The molecule has 0 amide bonds. The second kappa shape index (κ2) is 6.17. The molecule has 0 saturated heterocycles. The average molecular weight is 360 g/mol. The summed E-state index contributed by atoms with van der Waals surface area (Å²) >= 11 is 15.5. The fourth-order valence-electron chi connectivity index (χ4n) is 1.84. The fourth-order valence-corrected chi connectivity index (χ4v) is 2.57. The van der Waals surface area contributed by atoms with Crippen molar-refractivity contribution in [3.8, 4) is 11.5 Å². The number of benzene rings is 2. The Hall–Kier alpha value is -0.700. The topological polar surface area (TPSA) is 9.23 Å². The predicted octanol–water partition coefficient (Wildman–Crippen LogP) is 6.25. The summed E-state index contributed by atoms with van der Waals surface area (Å²) in [4.78, 5) is 0. The molecule has 2 aromatic carbocycles. The van der Waals surface area contributed by atoms with Gasteiger partial charge in [0.15, 0.2) is 0 Å². The van der Waals surface area contributed by atoms with Gasteiger partial charge >= 0.3 is 0 Å². The van der Waals surface area contributed by atoms with E-state index in [4.69, 9.17) is 27.9 Å². The van der Waals surface area contributed by atoms with E-state index in [1.165, 1.54) is 0 Å². The van der Waals surface area contributed by atoms with E-state index in [9.17, 15) is 0 Å². The minimum atomic E-state index is 0.403. The van der Waals surface area contributed by atoms with Crippen LogP contribution in [0.3, 0.4) is 0 Å². The molecule has 2 rings (SSSR count). The standard InChI is InChI=1S/C15H13BrCl2O/c1-9-5-13(6-10(2)15(9)18)19-14-4-3-12(16)7-11(14)8-17/h3-7H,8H2,1-2H3. The Balaban J connectivity index is 2.36. The summed E-state index contributed by atoms with van der Waals surface area (Å²) in [7, 11) is 0. The van der Waals surface area contributed by atoms with Crippen molar-refractivity contribution in [2.45, 2.75) is 19.7 Å². The molecule has 0 heterocycles. The van der Waals surface area contributed by atoms with Crippen molar-refractivity contribution in [1.29, 1.82) is 0 Å². The summed E-state index contributed by atoms with van der Waals surface area (Å²) in [6.07, 6.45) is 0. The van der Waals surface area contributed by atoms with Crippen LogP contribution in [0, 0.1) is 13.8 Å². The second-order valence-electron chi connectivity index (χ2n) is 4.36. The first-order valence-electron chi connectivity index (χ1n) is 5.80. The van der Waals surface area contributed by atoms with Crippen LogP contribution in [0.25, 0.3) is 0 Å². The third kappa shape index (κ3) is 3.44. The van der Waals surface area contributed by atoms with Gasteiger partial charge in [0.05, 0.1) is 5.88 Å². The van der Waals surface area contributed by atoms with Gasteiger partial charge in [-0.05, 0) is 55.3 Å². The second-order valence-corrected chi connectivity index (χ2v) is 5.92.